The van der Waals surface area contributed by atoms with Crippen LogP contribution < -0.4 is 0 Å². The highest BCUT2D eigenvalue weighted by atomic mass is 32.2. The molecule has 0 aliphatic rings. The monoisotopic (exact) mass is 380 g/mol. The molecule has 4 aromatic rings. The Kier molecular flexibility index (Phi) is 4.30. The second kappa shape index (κ2) is 6.63. The molecule has 2 aromatic heterocycles. The number of aromatic nitrogens is 2. The Morgan fingerprint density at radius 3 is 2.31 bits per heavy atom. The van der Waals surface area contributed by atoms with Crippen molar-refractivity contribution in [2.75, 3.05) is 0 Å². The summed E-state index contributed by atoms with van der Waals surface area (Å²) >= 11 is 1.48. The zero-order valence-corrected chi connectivity index (χ0v) is 15.7. The second-order valence-corrected chi connectivity index (χ2v) is 8.60. The minimum Gasteiger partial charge on any atom is -0.250 e. The molecular weight excluding hydrogens is 364 g/mol. The lowest BCUT2D eigenvalue weighted by molar-refractivity contribution is 0.587. The van der Waals surface area contributed by atoms with Crippen LogP contribution in [0.3, 0.4) is 0 Å². The molecule has 0 N–H and O–H groups in total. The normalized spacial score (nSPS) is 11.7. The summed E-state index contributed by atoms with van der Waals surface area (Å²) in [6.07, 6.45) is 1.73. The van der Waals surface area contributed by atoms with Crippen LogP contribution in [0, 0.1) is 6.92 Å². The van der Waals surface area contributed by atoms with Crippen molar-refractivity contribution in [2.24, 2.45) is 0 Å². The van der Waals surface area contributed by atoms with Gasteiger partial charge in [0.05, 0.1) is 10.4 Å². The highest BCUT2D eigenvalue weighted by Crippen LogP contribution is 2.39. The molecule has 26 heavy (non-hydrogen) atoms. The summed E-state index contributed by atoms with van der Waals surface area (Å²) in [6, 6.07) is 21.8. The van der Waals surface area contributed by atoms with E-state index in [2.05, 4.69) is 4.98 Å². The lowest BCUT2D eigenvalue weighted by Gasteiger charge is -2.10. The molecule has 0 atom stereocenters. The molecule has 0 aliphatic carbocycles. The predicted octanol–water partition coefficient (Wildman–Crippen LogP) is 4.73. The van der Waals surface area contributed by atoms with Crippen molar-refractivity contribution in [2.45, 2.75) is 21.7 Å². The van der Waals surface area contributed by atoms with Crippen LogP contribution in [0.4, 0.5) is 0 Å². The first-order chi connectivity index (χ1) is 12.6. The smallest absolute Gasteiger partial charge is 0.250 e. The van der Waals surface area contributed by atoms with Gasteiger partial charge in [0.25, 0.3) is 10.0 Å². The Bertz CT molecular complexity index is 1170. The average molecular weight is 380 g/mol. The van der Waals surface area contributed by atoms with E-state index in [4.69, 9.17) is 0 Å². The largest absolute Gasteiger partial charge is 0.268 e. The summed E-state index contributed by atoms with van der Waals surface area (Å²) < 4.78 is 28.0. The first kappa shape index (κ1) is 16.9. The third-order valence-corrected chi connectivity index (χ3v) is 7.12. The van der Waals surface area contributed by atoms with E-state index in [-0.39, 0.29) is 4.90 Å². The summed E-state index contributed by atoms with van der Waals surface area (Å²) in [7, 11) is -3.68. The van der Waals surface area contributed by atoms with E-state index in [0.29, 0.717) is 11.2 Å². The van der Waals surface area contributed by atoms with Crippen molar-refractivity contribution in [3.8, 4) is 0 Å². The van der Waals surface area contributed by atoms with Crippen molar-refractivity contribution < 1.29 is 8.42 Å². The fraction of sp³-hybridized carbons (Fsp3) is 0.0500. The Labute approximate surface area is 156 Å². The molecule has 0 bridgehead atoms. The molecular formula is C20H16N2O2S2. The van der Waals surface area contributed by atoms with Gasteiger partial charge >= 0.3 is 0 Å². The maximum Gasteiger partial charge on any atom is 0.268 e. The van der Waals surface area contributed by atoms with E-state index in [9.17, 15) is 8.42 Å². The van der Waals surface area contributed by atoms with Gasteiger partial charge in [-0.1, -0.05) is 54.2 Å². The predicted molar refractivity (Wildman–Crippen MR) is 104 cm³/mol. The summed E-state index contributed by atoms with van der Waals surface area (Å²) in [5.74, 6) is 0. The molecule has 0 saturated carbocycles. The summed E-state index contributed by atoms with van der Waals surface area (Å²) in [5.41, 5.74) is 1.36. The molecule has 2 heterocycles. The molecule has 0 fully saturated rings. The summed E-state index contributed by atoms with van der Waals surface area (Å²) in [5, 5.41) is 1.73. The Morgan fingerprint density at radius 2 is 1.58 bits per heavy atom. The minimum atomic E-state index is -3.68. The zero-order valence-electron chi connectivity index (χ0n) is 14.0. The number of rotatable bonds is 4. The van der Waals surface area contributed by atoms with E-state index in [1.165, 1.54) is 15.7 Å². The number of benzene rings is 2. The number of nitrogens with zero attached hydrogens (tertiary/aromatic N) is 2. The summed E-state index contributed by atoms with van der Waals surface area (Å²) in [6.45, 7) is 1.84. The van der Waals surface area contributed by atoms with E-state index in [1.54, 1.807) is 30.5 Å². The van der Waals surface area contributed by atoms with Crippen LogP contribution in [-0.2, 0) is 10.0 Å². The van der Waals surface area contributed by atoms with Gasteiger partial charge in [-0.2, -0.15) is 0 Å². The van der Waals surface area contributed by atoms with E-state index < -0.39 is 10.0 Å². The van der Waals surface area contributed by atoms with Crippen molar-refractivity contribution in [1.29, 1.82) is 0 Å². The van der Waals surface area contributed by atoms with Crippen molar-refractivity contribution in [3.05, 3.63) is 84.7 Å². The third-order valence-electron chi connectivity index (χ3n) is 4.13. The first-order valence-corrected chi connectivity index (χ1v) is 10.3. The molecule has 0 amide bonds. The van der Waals surface area contributed by atoms with Gasteiger partial charge in [0, 0.05) is 22.2 Å². The van der Waals surface area contributed by atoms with Gasteiger partial charge in [-0.25, -0.2) is 17.4 Å². The lowest BCUT2D eigenvalue weighted by atomic mass is 10.2. The molecule has 0 saturated heterocycles. The number of hydrogen-bond donors (Lipinski definition) is 0. The van der Waals surface area contributed by atoms with Crippen LogP contribution in [0.1, 0.15) is 5.69 Å². The molecule has 0 spiro atoms. The Hall–Kier alpha value is -2.57. The van der Waals surface area contributed by atoms with Crippen LogP contribution >= 0.6 is 11.8 Å². The molecule has 130 valence electrons. The van der Waals surface area contributed by atoms with Crippen LogP contribution in [-0.4, -0.2) is 17.4 Å². The fourth-order valence-electron chi connectivity index (χ4n) is 2.96. The molecule has 0 unspecified atom stereocenters. The third kappa shape index (κ3) is 2.81. The molecule has 4 nitrogen and oxygen atoms in total. The Morgan fingerprint density at radius 1 is 0.885 bits per heavy atom. The van der Waals surface area contributed by atoms with Gasteiger partial charge in [0.15, 0.2) is 0 Å². The maximum absolute atomic E-state index is 13.3. The lowest BCUT2D eigenvalue weighted by Crippen LogP contribution is -2.14. The summed E-state index contributed by atoms with van der Waals surface area (Å²) in [4.78, 5) is 5.53. The molecule has 2 aromatic carbocycles. The SMILES string of the molecule is Cc1c(Sc2ccccn2)c2ccccc2n1S(=O)(=O)c1ccccc1. The first-order valence-electron chi connectivity index (χ1n) is 8.08. The average Bonchev–Trinajstić information content (AvgIpc) is 2.96. The van der Waals surface area contributed by atoms with Crippen LogP contribution in [0.25, 0.3) is 10.9 Å². The topological polar surface area (TPSA) is 52.0 Å². The maximum atomic E-state index is 13.3. The highest BCUT2D eigenvalue weighted by molar-refractivity contribution is 7.99. The Balaban J connectivity index is 1.96. The van der Waals surface area contributed by atoms with Crippen LogP contribution in [0.5, 0.6) is 0 Å². The van der Waals surface area contributed by atoms with Crippen LogP contribution in [0.2, 0.25) is 0 Å². The molecule has 0 aliphatic heterocycles. The molecule has 4 rings (SSSR count). The van der Waals surface area contributed by atoms with Gasteiger partial charge in [-0.3, -0.25) is 0 Å². The van der Waals surface area contributed by atoms with Gasteiger partial charge in [-0.15, -0.1) is 0 Å². The van der Waals surface area contributed by atoms with Crippen LogP contribution in [0.15, 0.2) is 93.8 Å². The van der Waals surface area contributed by atoms with E-state index in [0.717, 1.165) is 15.3 Å². The zero-order chi connectivity index (χ0) is 18.1. The standard InChI is InChI=1S/C20H16N2O2S2/c1-15-20(25-19-13-7-8-14-21-19)17-11-5-6-12-18(17)22(15)26(23,24)16-9-3-2-4-10-16/h2-14H,1H3. The number of para-hydroxylation sites is 1. The second-order valence-electron chi connectivity index (χ2n) is 5.78. The van der Waals surface area contributed by atoms with Gasteiger partial charge in [0.2, 0.25) is 0 Å². The number of hydrogen-bond acceptors (Lipinski definition) is 4. The minimum absolute atomic E-state index is 0.276. The van der Waals surface area contributed by atoms with E-state index in [1.807, 2.05) is 55.5 Å². The quantitative estimate of drug-likeness (QED) is 0.513. The van der Waals surface area contributed by atoms with E-state index >= 15 is 0 Å². The molecule has 6 heteroatoms. The van der Waals surface area contributed by atoms with Crippen molar-refractivity contribution in [1.82, 2.24) is 8.96 Å². The van der Waals surface area contributed by atoms with Crippen molar-refractivity contribution >= 4 is 32.7 Å². The van der Waals surface area contributed by atoms with Crippen molar-refractivity contribution in [3.63, 3.8) is 0 Å². The van der Waals surface area contributed by atoms with Gasteiger partial charge in [-0.05, 0) is 37.3 Å². The molecule has 0 radical (unpaired) electrons. The number of fused-ring (bicyclic) bond motifs is 1. The highest BCUT2D eigenvalue weighted by Gasteiger charge is 2.25. The van der Waals surface area contributed by atoms with Gasteiger partial charge in [0.1, 0.15) is 5.03 Å². The van der Waals surface area contributed by atoms with Gasteiger partial charge < -0.3 is 0 Å². The number of pyridine rings is 1. The fourth-order valence-corrected chi connectivity index (χ4v) is 5.59.